The molecule has 0 aromatic rings. The molecule has 0 saturated heterocycles. The minimum atomic E-state index is -2.65. The first-order valence-electron chi connectivity index (χ1n) is 2.62. The van der Waals surface area contributed by atoms with Gasteiger partial charge in [0.25, 0.3) is 5.92 Å². The van der Waals surface area contributed by atoms with Crippen molar-refractivity contribution in [1.29, 1.82) is 0 Å². The van der Waals surface area contributed by atoms with E-state index in [1.54, 1.807) is 0 Å². The van der Waals surface area contributed by atoms with Crippen molar-refractivity contribution in [3.8, 4) is 0 Å². The van der Waals surface area contributed by atoms with Gasteiger partial charge in [-0.2, -0.15) is 0 Å². The first-order valence-corrected chi connectivity index (χ1v) is 4.50. The maximum Gasteiger partial charge on any atom is 0.271 e. The molecule has 0 atom stereocenters. The van der Waals surface area contributed by atoms with Crippen LogP contribution >= 0.6 is 38.5 Å². The highest BCUT2D eigenvalue weighted by Gasteiger charge is 2.29. The zero-order valence-electron chi connectivity index (χ0n) is 4.87. The average molecular weight is 321 g/mol. The summed E-state index contributed by atoms with van der Waals surface area (Å²) in [5, 5.41) is 0. The lowest BCUT2D eigenvalue weighted by atomic mass is 10.1. The second-order valence-electron chi connectivity index (χ2n) is 2.02. The molecule has 0 amide bonds. The van der Waals surface area contributed by atoms with Gasteiger partial charge in [0, 0.05) is 14.5 Å². The van der Waals surface area contributed by atoms with E-state index in [1.165, 1.54) is 6.08 Å². The lowest BCUT2D eigenvalue weighted by molar-refractivity contribution is 0.0570. The van der Waals surface area contributed by atoms with Crippen LogP contribution in [0.1, 0.15) is 6.42 Å². The SMILES string of the molecule is FC1(F)C=CC(Br)=C(I)C1. The summed E-state index contributed by atoms with van der Waals surface area (Å²) in [6.45, 7) is 0. The van der Waals surface area contributed by atoms with Crippen molar-refractivity contribution >= 4 is 38.5 Å². The van der Waals surface area contributed by atoms with Crippen molar-refractivity contribution in [1.82, 2.24) is 0 Å². The van der Waals surface area contributed by atoms with E-state index in [2.05, 4.69) is 15.9 Å². The third-order valence-corrected chi connectivity index (χ3v) is 3.57. The average Bonchev–Trinajstić information content (AvgIpc) is 1.79. The molecule has 1 rings (SSSR count). The van der Waals surface area contributed by atoms with Crippen LogP contribution in [-0.4, -0.2) is 5.92 Å². The monoisotopic (exact) mass is 320 g/mol. The molecule has 0 fully saturated rings. The van der Waals surface area contributed by atoms with Crippen LogP contribution in [0.2, 0.25) is 0 Å². The lowest BCUT2D eigenvalue weighted by Crippen LogP contribution is -2.14. The Kier molecular flexibility index (Phi) is 2.50. The maximum atomic E-state index is 12.5. The molecule has 0 aromatic carbocycles. The zero-order chi connectivity index (χ0) is 7.78. The van der Waals surface area contributed by atoms with E-state index in [0.29, 0.717) is 3.58 Å². The second kappa shape index (κ2) is 2.89. The molecule has 0 nitrogen and oxygen atoms in total. The third kappa shape index (κ3) is 2.02. The summed E-state index contributed by atoms with van der Waals surface area (Å²) in [5.41, 5.74) is 0. The Labute approximate surface area is 79.6 Å². The van der Waals surface area contributed by atoms with E-state index >= 15 is 0 Å². The van der Waals surface area contributed by atoms with Crippen molar-refractivity contribution in [3.05, 3.63) is 20.2 Å². The minimum Gasteiger partial charge on any atom is -0.202 e. The minimum absolute atomic E-state index is 0.176. The zero-order valence-corrected chi connectivity index (χ0v) is 8.62. The van der Waals surface area contributed by atoms with Gasteiger partial charge in [-0.1, -0.05) is 15.9 Å². The molecule has 0 N–H and O–H groups in total. The van der Waals surface area contributed by atoms with Crippen LogP contribution in [0.5, 0.6) is 0 Å². The number of allylic oxidation sites excluding steroid dienone is 4. The largest absolute Gasteiger partial charge is 0.271 e. The number of halogens is 4. The predicted molar refractivity (Wildman–Crippen MR) is 48.7 cm³/mol. The molecule has 0 aromatic heterocycles. The summed E-state index contributed by atoms with van der Waals surface area (Å²) in [4.78, 5) is 0. The molecule has 0 heterocycles. The van der Waals surface area contributed by atoms with Gasteiger partial charge in [0.1, 0.15) is 0 Å². The Morgan fingerprint density at radius 1 is 1.60 bits per heavy atom. The molecule has 1 aliphatic rings. The summed E-state index contributed by atoms with van der Waals surface area (Å²) in [6.07, 6.45) is 2.13. The molecule has 0 bridgehead atoms. The standard InChI is InChI=1S/C6H4BrF2I/c7-4-1-2-6(8,9)3-5(4)10/h1-2H,3H2. The highest BCUT2D eigenvalue weighted by molar-refractivity contribution is 14.1. The van der Waals surface area contributed by atoms with E-state index in [0.717, 1.165) is 10.6 Å². The van der Waals surface area contributed by atoms with E-state index in [-0.39, 0.29) is 6.42 Å². The van der Waals surface area contributed by atoms with Gasteiger partial charge >= 0.3 is 0 Å². The van der Waals surface area contributed by atoms with Crippen molar-refractivity contribution < 1.29 is 8.78 Å². The number of hydrogen-bond acceptors (Lipinski definition) is 0. The van der Waals surface area contributed by atoms with E-state index in [1.807, 2.05) is 22.6 Å². The molecule has 4 heteroatoms. The third-order valence-electron chi connectivity index (χ3n) is 1.12. The normalized spacial score (nSPS) is 23.6. The van der Waals surface area contributed by atoms with Crippen LogP contribution in [0.3, 0.4) is 0 Å². The van der Waals surface area contributed by atoms with Crippen LogP contribution in [0.25, 0.3) is 0 Å². The molecule has 56 valence electrons. The van der Waals surface area contributed by atoms with E-state index in [9.17, 15) is 8.78 Å². The second-order valence-corrected chi connectivity index (χ2v) is 4.18. The van der Waals surface area contributed by atoms with Crippen LogP contribution < -0.4 is 0 Å². The van der Waals surface area contributed by atoms with E-state index in [4.69, 9.17) is 0 Å². The Balaban J connectivity index is 2.85. The lowest BCUT2D eigenvalue weighted by Gasteiger charge is -2.15. The Morgan fingerprint density at radius 3 is 2.60 bits per heavy atom. The van der Waals surface area contributed by atoms with Gasteiger partial charge in [-0.25, -0.2) is 8.78 Å². The summed E-state index contributed by atoms with van der Waals surface area (Å²) in [5.74, 6) is -2.65. The summed E-state index contributed by atoms with van der Waals surface area (Å²) in [6, 6.07) is 0. The summed E-state index contributed by atoms with van der Waals surface area (Å²) >= 11 is 5.07. The summed E-state index contributed by atoms with van der Waals surface area (Å²) < 4.78 is 26.4. The van der Waals surface area contributed by atoms with Gasteiger partial charge in [0.15, 0.2) is 0 Å². The molecule has 0 aliphatic heterocycles. The van der Waals surface area contributed by atoms with Crippen molar-refractivity contribution in [2.75, 3.05) is 0 Å². The first kappa shape index (κ1) is 8.64. The first-order chi connectivity index (χ1) is 4.51. The van der Waals surface area contributed by atoms with Crippen LogP contribution in [0.4, 0.5) is 8.78 Å². The fraction of sp³-hybridized carbons (Fsp3) is 0.333. The van der Waals surface area contributed by atoms with Gasteiger partial charge in [-0.15, -0.1) is 0 Å². The molecular weight excluding hydrogens is 317 g/mol. The Morgan fingerprint density at radius 2 is 2.20 bits per heavy atom. The molecule has 1 aliphatic carbocycles. The number of hydrogen-bond donors (Lipinski definition) is 0. The van der Waals surface area contributed by atoms with E-state index < -0.39 is 5.92 Å². The van der Waals surface area contributed by atoms with Crippen LogP contribution in [0, 0.1) is 0 Å². The topological polar surface area (TPSA) is 0 Å². The van der Waals surface area contributed by atoms with Crippen molar-refractivity contribution in [2.24, 2.45) is 0 Å². The molecule has 0 radical (unpaired) electrons. The maximum absolute atomic E-state index is 12.5. The van der Waals surface area contributed by atoms with Gasteiger partial charge in [0.05, 0.1) is 0 Å². The van der Waals surface area contributed by atoms with Crippen molar-refractivity contribution in [2.45, 2.75) is 12.3 Å². The molecule has 0 saturated carbocycles. The quantitative estimate of drug-likeness (QED) is 0.598. The smallest absolute Gasteiger partial charge is 0.202 e. The Hall–Kier alpha value is 0.550. The fourth-order valence-electron chi connectivity index (χ4n) is 0.636. The van der Waals surface area contributed by atoms with Gasteiger partial charge < -0.3 is 0 Å². The van der Waals surface area contributed by atoms with Gasteiger partial charge in [-0.3, -0.25) is 0 Å². The molecule has 10 heavy (non-hydrogen) atoms. The predicted octanol–water partition coefficient (Wildman–Crippen LogP) is 3.62. The molecular formula is C6H4BrF2I. The molecule has 0 spiro atoms. The Bertz CT molecular complexity index is 208. The fourth-order valence-corrected chi connectivity index (χ4v) is 1.60. The number of alkyl halides is 2. The highest BCUT2D eigenvalue weighted by atomic mass is 127. The number of rotatable bonds is 0. The van der Waals surface area contributed by atoms with Crippen LogP contribution in [0.15, 0.2) is 20.2 Å². The van der Waals surface area contributed by atoms with Crippen molar-refractivity contribution in [3.63, 3.8) is 0 Å². The van der Waals surface area contributed by atoms with Crippen LogP contribution in [-0.2, 0) is 0 Å². The summed E-state index contributed by atoms with van der Waals surface area (Å²) in [7, 11) is 0. The highest BCUT2D eigenvalue weighted by Crippen LogP contribution is 2.36. The van der Waals surface area contributed by atoms with Gasteiger partial charge in [-0.05, 0) is 34.7 Å². The van der Waals surface area contributed by atoms with Gasteiger partial charge in [0.2, 0.25) is 0 Å². The molecule has 0 unspecified atom stereocenters.